The van der Waals surface area contributed by atoms with E-state index in [-0.39, 0.29) is 0 Å². The third-order valence-corrected chi connectivity index (χ3v) is 9.20. The SMILES string of the molecule is CC[n+]1ccccc1/C=C/c1ccc(CCCSSCCNc2ccc(/C=C/c3cccc[n+]3CC)cc2)cc1. The molecule has 0 saturated heterocycles. The number of hydrogen-bond acceptors (Lipinski definition) is 3. The van der Waals surface area contributed by atoms with Gasteiger partial charge in [-0.1, -0.05) is 58.0 Å². The standard InChI is InChI=1S/C35H40N3S2/c1-3-37-26-7-5-11-34(37)23-19-31-15-13-30(14-16-31)10-9-28-39-40-29-25-36-33-21-17-32(18-22-33)20-24-35-12-6-8-27-38(35)4-2/h5-8,11-24,26-27H,3-4,9-10,25,28-29H2,1-2H3/q+1/p+1/b23-19+. The Bertz CT molecular complexity index is 1260. The van der Waals surface area contributed by atoms with E-state index in [2.05, 4.69) is 150 Å². The van der Waals surface area contributed by atoms with Crippen LogP contribution in [0.4, 0.5) is 5.69 Å². The summed E-state index contributed by atoms with van der Waals surface area (Å²) >= 11 is 0. The molecule has 4 rings (SSSR count). The van der Waals surface area contributed by atoms with Crippen molar-refractivity contribution in [2.75, 3.05) is 23.4 Å². The van der Waals surface area contributed by atoms with Crippen LogP contribution in [0.25, 0.3) is 24.3 Å². The zero-order valence-corrected chi connectivity index (χ0v) is 25.3. The first-order valence-corrected chi connectivity index (χ1v) is 16.7. The van der Waals surface area contributed by atoms with Gasteiger partial charge >= 0.3 is 0 Å². The van der Waals surface area contributed by atoms with Crippen molar-refractivity contribution >= 4 is 51.6 Å². The maximum atomic E-state index is 3.54. The average molecular weight is 568 g/mol. The molecule has 0 bridgehead atoms. The second kappa shape index (κ2) is 16.7. The highest BCUT2D eigenvalue weighted by atomic mass is 33.1. The van der Waals surface area contributed by atoms with Gasteiger partial charge in [0.15, 0.2) is 12.4 Å². The van der Waals surface area contributed by atoms with Gasteiger partial charge in [-0.25, -0.2) is 0 Å². The normalized spacial score (nSPS) is 11.4. The molecule has 1 N–H and O–H groups in total. The molecule has 40 heavy (non-hydrogen) atoms. The number of hydrogen-bond donors (Lipinski definition) is 1. The Hall–Kier alpha value is -3.28. The molecule has 0 aliphatic carbocycles. The summed E-state index contributed by atoms with van der Waals surface area (Å²) in [5, 5.41) is 3.54. The van der Waals surface area contributed by atoms with Crippen LogP contribution in [0, 0.1) is 0 Å². The minimum Gasteiger partial charge on any atom is -0.384 e. The highest BCUT2D eigenvalue weighted by Gasteiger charge is 2.04. The van der Waals surface area contributed by atoms with Crippen LogP contribution in [0.2, 0.25) is 0 Å². The first-order valence-electron chi connectivity index (χ1n) is 14.3. The van der Waals surface area contributed by atoms with E-state index >= 15 is 0 Å². The molecule has 2 heterocycles. The second-order valence-corrected chi connectivity index (χ2v) is 12.2. The van der Waals surface area contributed by atoms with Crippen LogP contribution in [0.1, 0.15) is 48.3 Å². The number of aromatic nitrogens is 2. The number of anilines is 1. The van der Waals surface area contributed by atoms with Crippen LogP contribution in [0.3, 0.4) is 0 Å². The van der Waals surface area contributed by atoms with E-state index in [0.29, 0.717) is 0 Å². The Labute approximate surface area is 248 Å². The number of nitrogens with zero attached hydrogens (tertiary/aromatic N) is 2. The van der Waals surface area contributed by atoms with E-state index in [1.807, 2.05) is 21.6 Å². The summed E-state index contributed by atoms with van der Waals surface area (Å²) in [6.07, 6.45) is 15.3. The Morgan fingerprint density at radius 1 is 0.625 bits per heavy atom. The number of rotatable bonds is 15. The molecule has 4 aromatic rings. The van der Waals surface area contributed by atoms with Gasteiger partial charge < -0.3 is 5.32 Å². The average Bonchev–Trinajstić information content (AvgIpc) is 3.01. The van der Waals surface area contributed by atoms with E-state index in [4.69, 9.17) is 0 Å². The molecule has 0 aliphatic heterocycles. The van der Waals surface area contributed by atoms with Crippen molar-refractivity contribution in [1.29, 1.82) is 0 Å². The molecule has 0 saturated carbocycles. The minimum absolute atomic E-state index is 0.973. The van der Waals surface area contributed by atoms with Crippen molar-refractivity contribution in [3.8, 4) is 0 Å². The quantitative estimate of drug-likeness (QED) is 0.0891. The van der Waals surface area contributed by atoms with Crippen LogP contribution >= 0.6 is 21.6 Å². The topological polar surface area (TPSA) is 19.8 Å². The Morgan fingerprint density at radius 3 is 1.75 bits per heavy atom. The number of benzene rings is 2. The molecule has 3 nitrogen and oxygen atoms in total. The zero-order valence-electron chi connectivity index (χ0n) is 23.7. The first kappa shape index (κ1) is 29.7. The van der Waals surface area contributed by atoms with Gasteiger partial charge in [0.25, 0.3) is 0 Å². The van der Waals surface area contributed by atoms with Crippen molar-refractivity contribution in [3.63, 3.8) is 0 Å². The van der Waals surface area contributed by atoms with Crippen LogP contribution in [0.5, 0.6) is 0 Å². The lowest BCUT2D eigenvalue weighted by atomic mass is 10.1. The lowest BCUT2D eigenvalue weighted by Gasteiger charge is -2.07. The molecule has 0 aliphatic rings. The molecule has 2 aromatic carbocycles. The predicted molar refractivity (Wildman–Crippen MR) is 177 cm³/mol. The molecule has 0 unspecified atom stereocenters. The monoisotopic (exact) mass is 567 g/mol. The molecule has 0 atom stereocenters. The van der Waals surface area contributed by atoms with E-state index < -0.39 is 0 Å². The molecular formula is C35H41N3S2+2. The lowest BCUT2D eigenvalue weighted by Crippen LogP contribution is -2.34. The van der Waals surface area contributed by atoms with Gasteiger partial charge in [0.2, 0.25) is 11.4 Å². The predicted octanol–water partition coefficient (Wildman–Crippen LogP) is 8.07. The third-order valence-electron chi connectivity index (χ3n) is 6.71. The summed E-state index contributed by atoms with van der Waals surface area (Å²) < 4.78 is 4.49. The first-order chi connectivity index (χ1) is 19.7. The summed E-state index contributed by atoms with van der Waals surface area (Å²) in [4.78, 5) is 0. The fraction of sp³-hybridized carbons (Fsp3) is 0.257. The van der Waals surface area contributed by atoms with Crippen molar-refractivity contribution in [2.24, 2.45) is 0 Å². The Kier molecular flexibility index (Phi) is 12.4. The van der Waals surface area contributed by atoms with Crippen LogP contribution in [-0.2, 0) is 19.5 Å². The highest BCUT2D eigenvalue weighted by Crippen LogP contribution is 2.23. The maximum Gasteiger partial charge on any atom is 0.205 e. The fourth-order valence-electron chi connectivity index (χ4n) is 4.42. The molecule has 0 amide bonds. The molecular weight excluding hydrogens is 527 g/mol. The molecule has 0 spiro atoms. The zero-order chi connectivity index (χ0) is 27.8. The van der Waals surface area contributed by atoms with Crippen LogP contribution < -0.4 is 14.5 Å². The van der Waals surface area contributed by atoms with Gasteiger partial charge in [0.05, 0.1) is 0 Å². The molecule has 0 radical (unpaired) electrons. The Balaban J connectivity index is 1.08. The van der Waals surface area contributed by atoms with Gasteiger partial charge in [-0.05, 0) is 79.8 Å². The summed E-state index contributed by atoms with van der Waals surface area (Å²) in [5.74, 6) is 2.27. The molecule has 2 aromatic heterocycles. The van der Waals surface area contributed by atoms with Gasteiger partial charge in [-0.15, -0.1) is 0 Å². The number of aryl methyl sites for hydroxylation is 3. The van der Waals surface area contributed by atoms with Crippen LogP contribution in [0.15, 0.2) is 97.3 Å². The van der Waals surface area contributed by atoms with Gasteiger partial charge in [0.1, 0.15) is 13.1 Å². The largest absolute Gasteiger partial charge is 0.384 e. The van der Waals surface area contributed by atoms with Gasteiger partial charge in [-0.3, -0.25) is 0 Å². The fourth-order valence-corrected chi connectivity index (χ4v) is 6.41. The van der Waals surface area contributed by atoms with Crippen LogP contribution in [-0.4, -0.2) is 18.1 Å². The summed E-state index contributed by atoms with van der Waals surface area (Å²) in [5.41, 5.74) is 7.50. The third kappa shape index (κ3) is 9.72. The van der Waals surface area contributed by atoms with Crippen molar-refractivity contribution in [1.82, 2.24) is 0 Å². The molecule has 5 heteroatoms. The maximum absolute atomic E-state index is 3.54. The van der Waals surface area contributed by atoms with E-state index in [1.54, 1.807) is 0 Å². The molecule has 0 fully saturated rings. The Morgan fingerprint density at radius 2 is 1.18 bits per heavy atom. The van der Waals surface area contributed by atoms with E-state index in [9.17, 15) is 0 Å². The van der Waals surface area contributed by atoms with Gasteiger partial charge in [0, 0.05) is 60.2 Å². The van der Waals surface area contributed by atoms with Gasteiger partial charge in [-0.2, -0.15) is 9.13 Å². The minimum atomic E-state index is 0.973. The highest BCUT2D eigenvalue weighted by molar-refractivity contribution is 8.76. The molecule has 206 valence electrons. The summed E-state index contributed by atoms with van der Waals surface area (Å²) in [6, 6.07) is 30.3. The van der Waals surface area contributed by atoms with Crippen molar-refractivity contribution < 1.29 is 9.13 Å². The summed E-state index contributed by atoms with van der Waals surface area (Å²) in [7, 11) is 3.94. The van der Waals surface area contributed by atoms with Crippen molar-refractivity contribution in [3.05, 3.63) is 125 Å². The lowest BCUT2D eigenvalue weighted by molar-refractivity contribution is -0.695. The summed E-state index contributed by atoms with van der Waals surface area (Å²) in [6.45, 7) is 7.27. The smallest absolute Gasteiger partial charge is 0.205 e. The number of nitrogens with one attached hydrogen (secondary N) is 1. The number of pyridine rings is 2. The van der Waals surface area contributed by atoms with E-state index in [1.165, 1.54) is 45.9 Å². The second-order valence-electron chi connectivity index (χ2n) is 9.53. The van der Waals surface area contributed by atoms with E-state index in [0.717, 1.165) is 31.8 Å². The van der Waals surface area contributed by atoms with Crippen molar-refractivity contribution in [2.45, 2.75) is 39.8 Å².